The molecule has 0 unspecified atom stereocenters. The van der Waals surface area contributed by atoms with Gasteiger partial charge in [-0.1, -0.05) is 19.3 Å². The van der Waals surface area contributed by atoms with Gasteiger partial charge >= 0.3 is 0 Å². The van der Waals surface area contributed by atoms with Gasteiger partial charge in [0.2, 0.25) is 5.75 Å². The number of ether oxygens (including phenoxy) is 3. The Kier molecular flexibility index (Phi) is 7.11. The van der Waals surface area contributed by atoms with E-state index in [2.05, 4.69) is 15.8 Å². The molecule has 0 saturated heterocycles. The lowest BCUT2D eigenvalue weighted by Gasteiger charge is -2.23. The van der Waals surface area contributed by atoms with E-state index in [1.165, 1.54) is 32.1 Å². The molecule has 0 heterocycles. The van der Waals surface area contributed by atoms with E-state index >= 15 is 0 Å². The minimum absolute atomic E-state index is 0.454. The quantitative estimate of drug-likeness (QED) is 0.467. The molecule has 0 spiro atoms. The number of hydrazone groups is 1. The van der Waals surface area contributed by atoms with Crippen LogP contribution in [0.3, 0.4) is 0 Å². The van der Waals surface area contributed by atoms with Crippen molar-refractivity contribution in [3.63, 3.8) is 0 Å². The van der Waals surface area contributed by atoms with Crippen molar-refractivity contribution in [2.75, 3.05) is 21.3 Å². The lowest BCUT2D eigenvalue weighted by Crippen LogP contribution is -2.40. The van der Waals surface area contributed by atoms with E-state index in [1.54, 1.807) is 27.5 Å². The van der Waals surface area contributed by atoms with Crippen molar-refractivity contribution in [2.24, 2.45) is 5.10 Å². The maximum atomic E-state index is 5.32. The molecule has 0 atom stereocenters. The molecule has 1 saturated carbocycles. The number of benzene rings is 1. The van der Waals surface area contributed by atoms with E-state index in [9.17, 15) is 0 Å². The number of thiocarbonyl (C=S) groups is 1. The summed E-state index contributed by atoms with van der Waals surface area (Å²) in [5, 5.41) is 8.04. The summed E-state index contributed by atoms with van der Waals surface area (Å²) in [7, 11) is 4.74. The van der Waals surface area contributed by atoms with Crippen LogP contribution in [0.5, 0.6) is 17.2 Å². The van der Waals surface area contributed by atoms with Crippen LogP contribution in [-0.2, 0) is 0 Å². The molecule has 0 aliphatic heterocycles. The van der Waals surface area contributed by atoms with Gasteiger partial charge in [0.1, 0.15) is 0 Å². The van der Waals surface area contributed by atoms with E-state index in [1.807, 2.05) is 12.1 Å². The average molecular weight is 351 g/mol. The lowest BCUT2D eigenvalue weighted by atomic mass is 9.96. The molecule has 0 radical (unpaired) electrons. The van der Waals surface area contributed by atoms with Crippen LogP contribution >= 0.6 is 12.2 Å². The van der Waals surface area contributed by atoms with E-state index in [4.69, 9.17) is 26.4 Å². The largest absolute Gasteiger partial charge is 0.493 e. The molecule has 1 aromatic rings. The van der Waals surface area contributed by atoms with Gasteiger partial charge in [-0.05, 0) is 37.2 Å². The SMILES string of the molecule is COc1cc(/C=N/NC(=S)NC2CCCCC2)cc(OC)c1OC. The van der Waals surface area contributed by atoms with E-state index < -0.39 is 0 Å². The highest BCUT2D eigenvalue weighted by Gasteiger charge is 2.14. The fourth-order valence-corrected chi connectivity index (χ4v) is 3.03. The summed E-state index contributed by atoms with van der Waals surface area (Å²) in [6.45, 7) is 0. The van der Waals surface area contributed by atoms with Gasteiger partial charge in [-0.15, -0.1) is 0 Å². The smallest absolute Gasteiger partial charge is 0.203 e. The van der Waals surface area contributed by atoms with Crippen molar-refractivity contribution < 1.29 is 14.2 Å². The van der Waals surface area contributed by atoms with Crippen LogP contribution in [0, 0.1) is 0 Å². The standard InChI is InChI=1S/C17H25N3O3S/c1-21-14-9-12(10-15(22-2)16(14)23-3)11-18-20-17(24)19-13-7-5-4-6-8-13/h9-11,13H,4-8H2,1-3H3,(H2,19,20,24)/b18-11+. The van der Waals surface area contributed by atoms with Crippen molar-refractivity contribution in [2.45, 2.75) is 38.1 Å². The summed E-state index contributed by atoms with van der Waals surface area (Å²) in [4.78, 5) is 0. The Bertz CT molecular complexity index is 561. The molecular weight excluding hydrogens is 326 g/mol. The lowest BCUT2D eigenvalue weighted by molar-refractivity contribution is 0.324. The van der Waals surface area contributed by atoms with Crippen LogP contribution in [0.15, 0.2) is 17.2 Å². The highest BCUT2D eigenvalue weighted by Crippen LogP contribution is 2.37. The number of rotatable bonds is 6. The van der Waals surface area contributed by atoms with Crippen molar-refractivity contribution in [1.29, 1.82) is 0 Å². The second-order valence-corrected chi connectivity index (χ2v) is 6.05. The molecule has 0 aromatic heterocycles. The molecule has 1 aromatic carbocycles. The van der Waals surface area contributed by atoms with Gasteiger partial charge in [0, 0.05) is 11.6 Å². The van der Waals surface area contributed by atoms with Gasteiger partial charge in [-0.3, -0.25) is 5.43 Å². The first kappa shape index (κ1) is 18.3. The first-order chi connectivity index (χ1) is 11.7. The molecule has 6 nitrogen and oxygen atoms in total. The van der Waals surface area contributed by atoms with Gasteiger partial charge in [-0.2, -0.15) is 5.10 Å². The fraction of sp³-hybridized carbons (Fsp3) is 0.529. The predicted molar refractivity (Wildman–Crippen MR) is 99.4 cm³/mol. The van der Waals surface area contributed by atoms with E-state index in [-0.39, 0.29) is 0 Å². The van der Waals surface area contributed by atoms with Crippen molar-refractivity contribution >= 4 is 23.5 Å². The first-order valence-electron chi connectivity index (χ1n) is 8.07. The van der Waals surface area contributed by atoms with Crippen LogP contribution < -0.4 is 25.0 Å². The Balaban J connectivity index is 1.96. The Hall–Kier alpha value is -2.02. The van der Waals surface area contributed by atoms with Gasteiger partial charge in [-0.25, -0.2) is 0 Å². The minimum atomic E-state index is 0.454. The Morgan fingerprint density at radius 1 is 1.08 bits per heavy atom. The third-order valence-corrected chi connectivity index (χ3v) is 4.22. The molecule has 1 aliphatic rings. The fourth-order valence-electron chi connectivity index (χ4n) is 2.81. The zero-order valence-corrected chi connectivity index (χ0v) is 15.2. The molecule has 0 bridgehead atoms. The van der Waals surface area contributed by atoms with Crippen LogP contribution in [-0.4, -0.2) is 38.7 Å². The molecule has 1 aliphatic carbocycles. The number of hydrogen-bond donors (Lipinski definition) is 2. The predicted octanol–water partition coefficient (Wildman–Crippen LogP) is 2.84. The second-order valence-electron chi connectivity index (χ2n) is 5.64. The number of methoxy groups -OCH3 is 3. The van der Waals surface area contributed by atoms with Crippen molar-refractivity contribution in [3.05, 3.63) is 17.7 Å². The Morgan fingerprint density at radius 2 is 1.71 bits per heavy atom. The topological polar surface area (TPSA) is 64.1 Å². The highest BCUT2D eigenvalue weighted by molar-refractivity contribution is 7.80. The third-order valence-electron chi connectivity index (χ3n) is 4.01. The maximum absolute atomic E-state index is 5.32. The zero-order valence-electron chi connectivity index (χ0n) is 14.4. The van der Waals surface area contributed by atoms with Crippen molar-refractivity contribution in [1.82, 2.24) is 10.7 Å². The number of nitrogens with zero attached hydrogens (tertiary/aromatic N) is 1. The maximum Gasteiger partial charge on any atom is 0.203 e. The normalized spacial score (nSPS) is 15.1. The van der Waals surface area contributed by atoms with Crippen LogP contribution in [0.2, 0.25) is 0 Å². The summed E-state index contributed by atoms with van der Waals surface area (Å²) >= 11 is 5.28. The van der Waals surface area contributed by atoms with Gasteiger partial charge < -0.3 is 19.5 Å². The minimum Gasteiger partial charge on any atom is -0.493 e. The van der Waals surface area contributed by atoms with Crippen LogP contribution in [0.1, 0.15) is 37.7 Å². The summed E-state index contributed by atoms with van der Waals surface area (Å²) in [6, 6.07) is 4.10. The summed E-state index contributed by atoms with van der Waals surface area (Å²) < 4.78 is 15.9. The molecule has 132 valence electrons. The van der Waals surface area contributed by atoms with Crippen LogP contribution in [0.4, 0.5) is 0 Å². The molecule has 2 N–H and O–H groups in total. The second kappa shape index (κ2) is 9.32. The number of nitrogens with one attached hydrogen (secondary N) is 2. The van der Waals surface area contributed by atoms with Gasteiger partial charge in [0.05, 0.1) is 27.5 Å². The highest BCUT2D eigenvalue weighted by atomic mass is 32.1. The Morgan fingerprint density at radius 3 is 2.25 bits per heavy atom. The molecule has 2 rings (SSSR count). The summed E-state index contributed by atoms with van der Waals surface area (Å²) in [6.07, 6.45) is 7.83. The number of hydrogen-bond acceptors (Lipinski definition) is 5. The third kappa shape index (κ3) is 4.99. The molecule has 7 heteroatoms. The summed E-state index contributed by atoms with van der Waals surface area (Å²) in [5.74, 6) is 1.72. The first-order valence-corrected chi connectivity index (χ1v) is 8.48. The molecule has 0 amide bonds. The van der Waals surface area contributed by atoms with Gasteiger partial charge in [0.15, 0.2) is 16.6 Å². The Labute approximate surface area is 148 Å². The monoisotopic (exact) mass is 351 g/mol. The molecule has 24 heavy (non-hydrogen) atoms. The van der Waals surface area contributed by atoms with Crippen LogP contribution in [0.25, 0.3) is 0 Å². The summed E-state index contributed by atoms with van der Waals surface area (Å²) in [5.41, 5.74) is 3.68. The average Bonchev–Trinajstić information content (AvgIpc) is 2.61. The zero-order chi connectivity index (χ0) is 17.4. The van der Waals surface area contributed by atoms with Gasteiger partial charge in [0.25, 0.3) is 0 Å². The molecule has 1 fully saturated rings. The van der Waals surface area contributed by atoms with E-state index in [0.717, 1.165) is 5.56 Å². The van der Waals surface area contributed by atoms with Crippen molar-refractivity contribution in [3.8, 4) is 17.2 Å². The molecular formula is C17H25N3O3S. The van der Waals surface area contributed by atoms with E-state index in [0.29, 0.717) is 28.4 Å².